The van der Waals surface area contributed by atoms with Gasteiger partial charge in [-0.25, -0.2) is 4.98 Å². The van der Waals surface area contributed by atoms with Crippen molar-refractivity contribution in [2.24, 2.45) is 0 Å². The normalized spacial score (nSPS) is 10.1. The molecule has 0 saturated heterocycles. The molecule has 0 saturated carbocycles. The Morgan fingerprint density at radius 3 is 2.52 bits per heavy atom. The van der Waals surface area contributed by atoms with E-state index >= 15 is 0 Å². The van der Waals surface area contributed by atoms with Gasteiger partial charge in [-0.05, 0) is 24.3 Å². The molecule has 8 heteroatoms. The maximum atomic E-state index is 12.3. The first-order valence-corrected chi connectivity index (χ1v) is 7.31. The summed E-state index contributed by atoms with van der Waals surface area (Å²) >= 11 is 0. The van der Waals surface area contributed by atoms with E-state index in [4.69, 9.17) is 0 Å². The van der Waals surface area contributed by atoms with Crippen LogP contribution in [0.25, 0.3) is 0 Å². The van der Waals surface area contributed by atoms with Crippen molar-refractivity contribution in [1.29, 1.82) is 0 Å². The summed E-state index contributed by atoms with van der Waals surface area (Å²) < 4.78 is 0. The van der Waals surface area contributed by atoms with Crippen molar-refractivity contribution in [3.8, 4) is 0 Å². The van der Waals surface area contributed by atoms with Gasteiger partial charge in [0.1, 0.15) is 5.82 Å². The van der Waals surface area contributed by atoms with Gasteiger partial charge in [0.25, 0.3) is 11.6 Å². The van der Waals surface area contributed by atoms with Gasteiger partial charge in [-0.3, -0.25) is 19.9 Å². The van der Waals surface area contributed by atoms with E-state index in [2.05, 4.69) is 20.6 Å². The lowest BCUT2D eigenvalue weighted by Crippen LogP contribution is -2.13. The molecular formula is C17H13N5O3. The average Bonchev–Trinajstić information content (AvgIpc) is 2.63. The fourth-order valence-electron chi connectivity index (χ4n) is 2.13. The molecule has 1 aromatic carbocycles. The van der Waals surface area contributed by atoms with Crippen molar-refractivity contribution < 1.29 is 9.72 Å². The highest BCUT2D eigenvalue weighted by Gasteiger charge is 2.12. The molecule has 0 aliphatic carbocycles. The second kappa shape index (κ2) is 7.18. The van der Waals surface area contributed by atoms with E-state index in [9.17, 15) is 14.9 Å². The fraction of sp³-hybridized carbons (Fsp3) is 0. The molecule has 0 aliphatic heterocycles. The van der Waals surface area contributed by atoms with Crippen LogP contribution in [0.3, 0.4) is 0 Å². The van der Waals surface area contributed by atoms with Gasteiger partial charge >= 0.3 is 0 Å². The topological polar surface area (TPSA) is 110 Å². The summed E-state index contributed by atoms with van der Waals surface area (Å²) in [5.41, 5.74) is 1.62. The van der Waals surface area contributed by atoms with Crippen LogP contribution in [0.15, 0.2) is 67.1 Å². The lowest BCUT2D eigenvalue weighted by Gasteiger charge is -2.08. The molecule has 0 atom stereocenters. The van der Waals surface area contributed by atoms with Crippen molar-refractivity contribution >= 4 is 28.8 Å². The Kier molecular flexibility index (Phi) is 4.61. The maximum Gasteiger partial charge on any atom is 0.270 e. The highest BCUT2D eigenvalue weighted by molar-refractivity contribution is 6.04. The van der Waals surface area contributed by atoms with Gasteiger partial charge in [0.15, 0.2) is 0 Å². The second-order valence-electron chi connectivity index (χ2n) is 5.05. The monoisotopic (exact) mass is 335 g/mol. The minimum Gasteiger partial charge on any atom is -0.355 e. The molecule has 0 fully saturated rings. The number of amides is 1. The number of hydrogen-bond acceptors (Lipinski definition) is 6. The van der Waals surface area contributed by atoms with Crippen LogP contribution in [-0.4, -0.2) is 20.8 Å². The summed E-state index contributed by atoms with van der Waals surface area (Å²) in [4.78, 5) is 30.5. The zero-order chi connectivity index (χ0) is 17.6. The number of hydrogen-bond donors (Lipinski definition) is 2. The summed E-state index contributed by atoms with van der Waals surface area (Å²) in [5, 5.41) is 16.6. The lowest BCUT2D eigenvalue weighted by molar-refractivity contribution is -0.384. The molecule has 8 nitrogen and oxygen atoms in total. The van der Waals surface area contributed by atoms with Crippen LogP contribution >= 0.6 is 0 Å². The standard InChI is InChI=1S/C17H13N5O3/c23-17(12-2-1-3-15(10-12)22(24)25)21-16-11-14(6-9-19-16)20-13-4-7-18-8-5-13/h1-11H,(H2,18,19,20,21,23). The minimum atomic E-state index is -0.547. The van der Waals surface area contributed by atoms with Crippen molar-refractivity contribution in [3.05, 3.63) is 82.8 Å². The Labute approximate surface area is 142 Å². The zero-order valence-electron chi connectivity index (χ0n) is 12.9. The molecule has 3 aromatic rings. The predicted octanol–water partition coefficient (Wildman–Crippen LogP) is 3.38. The summed E-state index contributed by atoms with van der Waals surface area (Å²) in [5.74, 6) is -0.146. The molecule has 1 amide bonds. The number of nitro groups is 1. The first kappa shape index (κ1) is 16.1. The first-order chi connectivity index (χ1) is 12.1. The highest BCUT2D eigenvalue weighted by atomic mass is 16.6. The highest BCUT2D eigenvalue weighted by Crippen LogP contribution is 2.19. The van der Waals surface area contributed by atoms with Crippen LogP contribution in [0, 0.1) is 10.1 Å². The Bertz CT molecular complexity index is 915. The van der Waals surface area contributed by atoms with Crippen LogP contribution in [0.2, 0.25) is 0 Å². The van der Waals surface area contributed by atoms with Crippen molar-refractivity contribution in [3.63, 3.8) is 0 Å². The number of nitro benzene ring substituents is 1. The average molecular weight is 335 g/mol. The number of pyridine rings is 2. The predicted molar refractivity (Wildman–Crippen MR) is 92.8 cm³/mol. The van der Waals surface area contributed by atoms with Crippen molar-refractivity contribution in [2.45, 2.75) is 0 Å². The molecule has 0 aliphatic rings. The van der Waals surface area contributed by atoms with E-state index in [1.807, 2.05) is 12.1 Å². The number of nitrogens with zero attached hydrogens (tertiary/aromatic N) is 3. The number of carbonyl (C=O) groups excluding carboxylic acids is 1. The smallest absolute Gasteiger partial charge is 0.270 e. The number of rotatable bonds is 5. The van der Waals surface area contributed by atoms with Gasteiger partial charge in [-0.1, -0.05) is 6.07 Å². The van der Waals surface area contributed by atoms with Gasteiger partial charge in [-0.2, -0.15) is 0 Å². The number of aromatic nitrogens is 2. The van der Waals surface area contributed by atoms with E-state index < -0.39 is 10.8 Å². The van der Waals surface area contributed by atoms with Crippen LogP contribution in [0.5, 0.6) is 0 Å². The molecule has 2 aromatic heterocycles. The third kappa shape index (κ3) is 4.14. The minimum absolute atomic E-state index is 0.145. The maximum absolute atomic E-state index is 12.3. The summed E-state index contributed by atoms with van der Waals surface area (Å²) in [6.45, 7) is 0. The lowest BCUT2D eigenvalue weighted by atomic mass is 10.2. The number of anilines is 3. The van der Waals surface area contributed by atoms with Gasteiger partial charge in [-0.15, -0.1) is 0 Å². The summed E-state index contributed by atoms with van der Waals surface area (Å²) in [6.07, 6.45) is 4.87. The van der Waals surface area contributed by atoms with Crippen LogP contribution in [0.1, 0.15) is 10.4 Å². The number of benzene rings is 1. The molecule has 0 bridgehead atoms. The zero-order valence-corrected chi connectivity index (χ0v) is 12.9. The Morgan fingerprint density at radius 1 is 1.00 bits per heavy atom. The molecule has 124 valence electrons. The third-order valence-corrected chi connectivity index (χ3v) is 3.29. The summed E-state index contributed by atoms with van der Waals surface area (Å²) in [6, 6.07) is 12.5. The third-order valence-electron chi connectivity index (χ3n) is 3.29. The van der Waals surface area contributed by atoms with E-state index in [-0.39, 0.29) is 11.3 Å². The van der Waals surface area contributed by atoms with Gasteiger partial charge < -0.3 is 10.6 Å². The molecule has 0 spiro atoms. The Morgan fingerprint density at radius 2 is 1.76 bits per heavy atom. The van der Waals surface area contributed by atoms with E-state index in [1.54, 1.807) is 30.7 Å². The van der Waals surface area contributed by atoms with Crippen molar-refractivity contribution in [1.82, 2.24) is 9.97 Å². The van der Waals surface area contributed by atoms with Crippen LogP contribution < -0.4 is 10.6 Å². The van der Waals surface area contributed by atoms with E-state index in [0.717, 1.165) is 11.4 Å². The molecular weight excluding hydrogens is 322 g/mol. The van der Waals surface area contributed by atoms with Gasteiger partial charge in [0, 0.05) is 53.7 Å². The summed E-state index contributed by atoms with van der Waals surface area (Å²) in [7, 11) is 0. The quantitative estimate of drug-likeness (QED) is 0.546. The molecule has 2 N–H and O–H groups in total. The SMILES string of the molecule is O=C(Nc1cc(Nc2ccncc2)ccn1)c1cccc([N+](=O)[O-])c1. The number of carbonyl (C=O) groups is 1. The largest absolute Gasteiger partial charge is 0.355 e. The van der Waals surface area contributed by atoms with E-state index in [1.165, 1.54) is 24.3 Å². The Balaban J connectivity index is 1.74. The number of nitrogens with one attached hydrogen (secondary N) is 2. The molecule has 3 rings (SSSR count). The Hall–Kier alpha value is -3.81. The van der Waals surface area contributed by atoms with E-state index in [0.29, 0.717) is 5.82 Å². The number of non-ortho nitro benzene ring substituents is 1. The van der Waals surface area contributed by atoms with Gasteiger partial charge in [0.05, 0.1) is 4.92 Å². The fourth-order valence-corrected chi connectivity index (χ4v) is 2.13. The first-order valence-electron chi connectivity index (χ1n) is 7.31. The van der Waals surface area contributed by atoms with Crippen LogP contribution in [0.4, 0.5) is 22.9 Å². The molecule has 25 heavy (non-hydrogen) atoms. The molecule has 0 radical (unpaired) electrons. The van der Waals surface area contributed by atoms with Gasteiger partial charge in [0.2, 0.25) is 0 Å². The molecule has 2 heterocycles. The second-order valence-corrected chi connectivity index (χ2v) is 5.05. The van der Waals surface area contributed by atoms with Crippen LogP contribution in [-0.2, 0) is 0 Å². The van der Waals surface area contributed by atoms with Crippen molar-refractivity contribution in [2.75, 3.05) is 10.6 Å². The molecule has 0 unspecified atom stereocenters.